The van der Waals surface area contributed by atoms with Gasteiger partial charge in [0.05, 0.1) is 6.61 Å². The molecule has 1 aromatic carbocycles. The lowest BCUT2D eigenvalue weighted by Crippen LogP contribution is -2.15. The molecule has 0 bridgehead atoms. The molecule has 0 aromatic heterocycles. The third-order valence-electron chi connectivity index (χ3n) is 5.85. The van der Waals surface area contributed by atoms with Crippen molar-refractivity contribution in [3.05, 3.63) is 29.8 Å². The maximum atomic E-state index is 13.1. The van der Waals surface area contributed by atoms with Crippen LogP contribution in [0.15, 0.2) is 18.2 Å². The van der Waals surface area contributed by atoms with Crippen LogP contribution in [0.4, 0.5) is 8.78 Å². The van der Waals surface area contributed by atoms with Crippen LogP contribution in [0.2, 0.25) is 0 Å². The third-order valence-corrected chi connectivity index (χ3v) is 5.85. The van der Waals surface area contributed by atoms with Crippen molar-refractivity contribution in [1.29, 1.82) is 0 Å². The summed E-state index contributed by atoms with van der Waals surface area (Å²) in [6, 6.07) is 3.74. The van der Waals surface area contributed by atoms with Gasteiger partial charge in [0.25, 0.3) is 0 Å². The second kappa shape index (κ2) is 12.3. The largest absolute Gasteiger partial charge is 0.493 e. The fraction of sp³-hybridized carbons (Fsp3) is 0.739. The van der Waals surface area contributed by atoms with Crippen molar-refractivity contribution in [2.45, 2.75) is 90.4 Å². The second-order valence-electron chi connectivity index (χ2n) is 8.01. The summed E-state index contributed by atoms with van der Waals surface area (Å²) in [5, 5.41) is 0. The fourth-order valence-electron chi connectivity index (χ4n) is 4.15. The smallest absolute Gasteiger partial charge is 0.162 e. The third kappa shape index (κ3) is 8.05. The molecule has 0 amide bonds. The Labute approximate surface area is 158 Å². The first kappa shape index (κ1) is 21.2. The van der Waals surface area contributed by atoms with Crippen molar-refractivity contribution < 1.29 is 13.5 Å². The molecule has 26 heavy (non-hydrogen) atoms. The number of hydrogen-bond donors (Lipinski definition) is 0. The average molecular weight is 367 g/mol. The van der Waals surface area contributed by atoms with E-state index in [2.05, 4.69) is 6.92 Å². The highest BCUT2D eigenvalue weighted by Gasteiger charge is 2.20. The van der Waals surface area contributed by atoms with Crippen LogP contribution < -0.4 is 4.74 Å². The number of benzene rings is 1. The van der Waals surface area contributed by atoms with E-state index in [0.29, 0.717) is 12.4 Å². The van der Waals surface area contributed by atoms with Gasteiger partial charge in [-0.1, -0.05) is 77.6 Å². The first-order valence-corrected chi connectivity index (χ1v) is 10.8. The van der Waals surface area contributed by atoms with Crippen LogP contribution in [0.25, 0.3) is 0 Å². The summed E-state index contributed by atoms with van der Waals surface area (Å²) < 4.78 is 31.5. The van der Waals surface area contributed by atoms with Crippen molar-refractivity contribution in [3.8, 4) is 5.75 Å². The molecule has 0 saturated heterocycles. The van der Waals surface area contributed by atoms with Gasteiger partial charge in [-0.25, -0.2) is 8.78 Å². The molecule has 148 valence electrons. The first-order valence-electron chi connectivity index (χ1n) is 10.8. The van der Waals surface area contributed by atoms with Gasteiger partial charge in [-0.2, -0.15) is 0 Å². The number of rotatable bonds is 12. The molecular formula is C23H36F2O. The van der Waals surface area contributed by atoms with Gasteiger partial charge in [-0.3, -0.25) is 0 Å². The van der Waals surface area contributed by atoms with Crippen LogP contribution in [0.3, 0.4) is 0 Å². The summed E-state index contributed by atoms with van der Waals surface area (Å²) in [4.78, 5) is 0. The van der Waals surface area contributed by atoms with Crippen molar-refractivity contribution in [2.24, 2.45) is 11.8 Å². The van der Waals surface area contributed by atoms with E-state index in [0.717, 1.165) is 30.4 Å². The van der Waals surface area contributed by atoms with E-state index in [1.165, 1.54) is 83.1 Å². The summed E-state index contributed by atoms with van der Waals surface area (Å²) in [7, 11) is 0. The van der Waals surface area contributed by atoms with Gasteiger partial charge < -0.3 is 4.74 Å². The Morgan fingerprint density at radius 2 is 1.42 bits per heavy atom. The molecule has 1 fully saturated rings. The van der Waals surface area contributed by atoms with Gasteiger partial charge in [-0.05, 0) is 36.8 Å². The topological polar surface area (TPSA) is 9.23 Å². The molecule has 0 atom stereocenters. The first-order chi connectivity index (χ1) is 12.7. The van der Waals surface area contributed by atoms with Gasteiger partial charge >= 0.3 is 0 Å². The molecule has 3 heteroatoms. The Bertz CT molecular complexity index is 495. The number of ether oxygens (including phenoxy) is 1. The Balaban J connectivity index is 1.49. The summed E-state index contributed by atoms with van der Waals surface area (Å²) in [6.45, 7) is 2.86. The van der Waals surface area contributed by atoms with Crippen LogP contribution >= 0.6 is 0 Å². The molecule has 0 radical (unpaired) electrons. The summed E-state index contributed by atoms with van der Waals surface area (Å²) in [5.74, 6) is 0.535. The van der Waals surface area contributed by atoms with Crippen molar-refractivity contribution >= 4 is 0 Å². The van der Waals surface area contributed by atoms with Gasteiger partial charge in [-0.15, -0.1) is 0 Å². The molecular weight excluding hydrogens is 330 g/mol. The molecule has 0 aliphatic heterocycles. The van der Waals surface area contributed by atoms with Crippen LogP contribution in [-0.2, 0) is 0 Å². The molecule has 1 aliphatic carbocycles. The molecule has 1 nitrogen and oxygen atoms in total. The maximum absolute atomic E-state index is 13.1. The Morgan fingerprint density at radius 3 is 2.08 bits per heavy atom. The Kier molecular flexibility index (Phi) is 10.0. The minimum Gasteiger partial charge on any atom is -0.493 e. The van der Waals surface area contributed by atoms with E-state index in [4.69, 9.17) is 4.74 Å². The summed E-state index contributed by atoms with van der Waals surface area (Å²) in [5.41, 5.74) is 0. The lowest BCUT2D eigenvalue weighted by molar-refractivity contribution is 0.227. The van der Waals surface area contributed by atoms with Crippen LogP contribution in [0.5, 0.6) is 5.75 Å². The van der Waals surface area contributed by atoms with Gasteiger partial charge in [0, 0.05) is 6.07 Å². The molecule has 2 rings (SSSR count). The van der Waals surface area contributed by atoms with Crippen molar-refractivity contribution in [3.63, 3.8) is 0 Å². The predicted molar refractivity (Wildman–Crippen MR) is 105 cm³/mol. The SMILES string of the molecule is CCCCCCCCC1CCC(CCCOc2ccc(F)c(F)c2)CC1. The van der Waals surface area contributed by atoms with E-state index >= 15 is 0 Å². The lowest BCUT2D eigenvalue weighted by atomic mass is 9.78. The van der Waals surface area contributed by atoms with Crippen LogP contribution in [0.1, 0.15) is 90.4 Å². The summed E-state index contributed by atoms with van der Waals surface area (Å²) >= 11 is 0. The molecule has 0 N–H and O–H groups in total. The van der Waals surface area contributed by atoms with E-state index in [1.54, 1.807) is 0 Å². The van der Waals surface area contributed by atoms with Gasteiger partial charge in [0.1, 0.15) is 5.75 Å². The van der Waals surface area contributed by atoms with Gasteiger partial charge in [0.15, 0.2) is 11.6 Å². The molecule has 0 heterocycles. The zero-order chi connectivity index (χ0) is 18.6. The molecule has 1 aromatic rings. The second-order valence-corrected chi connectivity index (χ2v) is 8.01. The molecule has 0 spiro atoms. The minimum absolute atomic E-state index is 0.423. The quantitative estimate of drug-likeness (QED) is 0.345. The monoisotopic (exact) mass is 366 g/mol. The number of halogens is 2. The number of hydrogen-bond acceptors (Lipinski definition) is 1. The summed E-state index contributed by atoms with van der Waals surface area (Å²) in [6.07, 6.45) is 17.5. The zero-order valence-corrected chi connectivity index (χ0v) is 16.5. The molecule has 1 aliphatic rings. The van der Waals surface area contributed by atoms with Crippen molar-refractivity contribution in [2.75, 3.05) is 6.61 Å². The van der Waals surface area contributed by atoms with Crippen LogP contribution in [0, 0.1) is 23.5 Å². The Morgan fingerprint density at radius 1 is 0.808 bits per heavy atom. The van der Waals surface area contributed by atoms with E-state index in [9.17, 15) is 8.78 Å². The highest BCUT2D eigenvalue weighted by Crippen LogP contribution is 2.34. The van der Waals surface area contributed by atoms with Crippen LogP contribution in [-0.4, -0.2) is 6.61 Å². The lowest BCUT2D eigenvalue weighted by Gasteiger charge is -2.28. The zero-order valence-electron chi connectivity index (χ0n) is 16.5. The highest BCUT2D eigenvalue weighted by molar-refractivity contribution is 5.23. The molecule has 1 saturated carbocycles. The van der Waals surface area contributed by atoms with E-state index in [1.807, 2.05) is 0 Å². The maximum Gasteiger partial charge on any atom is 0.162 e. The van der Waals surface area contributed by atoms with E-state index < -0.39 is 11.6 Å². The van der Waals surface area contributed by atoms with Gasteiger partial charge in [0.2, 0.25) is 0 Å². The minimum atomic E-state index is -0.841. The normalized spacial score (nSPS) is 20.3. The highest BCUT2D eigenvalue weighted by atomic mass is 19.2. The number of unbranched alkanes of at least 4 members (excludes halogenated alkanes) is 5. The fourth-order valence-corrected chi connectivity index (χ4v) is 4.15. The Hall–Kier alpha value is -1.12. The van der Waals surface area contributed by atoms with E-state index in [-0.39, 0.29) is 0 Å². The molecule has 0 unspecified atom stereocenters. The predicted octanol–water partition coefficient (Wildman–Crippen LogP) is 7.68. The standard InChI is InChI=1S/C23H36F2O/c1-2-3-4-5-6-7-9-19-11-13-20(14-12-19)10-8-17-26-21-15-16-22(24)23(25)18-21/h15-16,18-20H,2-14,17H2,1H3. The van der Waals surface area contributed by atoms with Crippen molar-refractivity contribution in [1.82, 2.24) is 0 Å². The average Bonchev–Trinajstić information content (AvgIpc) is 2.65.